The zero-order chi connectivity index (χ0) is 50.7. The average molecular weight is 987 g/mol. The topological polar surface area (TPSA) is 95.9 Å². The molecule has 0 bridgehead atoms. The van der Waals surface area contributed by atoms with Gasteiger partial charge in [-0.1, -0.05) is 308 Å². The third-order valence-electron chi connectivity index (χ3n) is 14.8. The molecule has 0 aliphatic heterocycles. The molecule has 0 rings (SSSR count). The van der Waals surface area contributed by atoms with Crippen LogP contribution in [0.4, 0.5) is 0 Å². The number of unbranched alkanes of at least 4 members (excludes halogenated alkanes) is 44. The van der Waals surface area contributed by atoms with Crippen LogP contribution in [0.25, 0.3) is 0 Å². The molecule has 3 N–H and O–H groups in total. The van der Waals surface area contributed by atoms with Crippen LogP contribution in [0.5, 0.6) is 0 Å². The zero-order valence-corrected chi connectivity index (χ0v) is 47.3. The SMILES string of the molecule is CCCC/C=C\C/C=C\CCCCCCCC(=O)OCCCCCCCCCCCCCCCCCCCCCCCCCCCCCCCCC(=O)NC(CO)C(O)CCCCCCCCCCC. The summed E-state index contributed by atoms with van der Waals surface area (Å²) in [5, 5.41) is 23.1. The van der Waals surface area contributed by atoms with Crippen LogP contribution in [0, 0.1) is 0 Å². The maximum Gasteiger partial charge on any atom is 0.305 e. The number of aliphatic hydroxyl groups excluding tert-OH is 2. The summed E-state index contributed by atoms with van der Waals surface area (Å²) >= 11 is 0. The van der Waals surface area contributed by atoms with E-state index in [9.17, 15) is 19.8 Å². The third-order valence-corrected chi connectivity index (χ3v) is 14.8. The van der Waals surface area contributed by atoms with E-state index in [0.717, 1.165) is 51.4 Å². The van der Waals surface area contributed by atoms with Gasteiger partial charge in [-0.3, -0.25) is 9.59 Å². The number of carbonyl (C=O) groups is 2. The van der Waals surface area contributed by atoms with E-state index in [-0.39, 0.29) is 18.5 Å². The van der Waals surface area contributed by atoms with Crippen LogP contribution in [0.2, 0.25) is 0 Å². The lowest BCUT2D eigenvalue weighted by atomic mass is 10.0. The van der Waals surface area contributed by atoms with Crippen LogP contribution in [0.3, 0.4) is 0 Å². The van der Waals surface area contributed by atoms with Gasteiger partial charge in [0, 0.05) is 12.8 Å². The van der Waals surface area contributed by atoms with Crippen molar-refractivity contribution in [2.45, 2.75) is 360 Å². The molecule has 70 heavy (non-hydrogen) atoms. The summed E-state index contributed by atoms with van der Waals surface area (Å²) in [7, 11) is 0. The normalized spacial score (nSPS) is 12.7. The number of nitrogens with one attached hydrogen (secondary N) is 1. The van der Waals surface area contributed by atoms with Crippen LogP contribution in [-0.2, 0) is 14.3 Å². The molecule has 0 aromatic rings. The number of esters is 1. The van der Waals surface area contributed by atoms with Crippen LogP contribution < -0.4 is 5.32 Å². The second kappa shape index (κ2) is 59.9. The Kier molecular flexibility index (Phi) is 58.5. The summed E-state index contributed by atoms with van der Waals surface area (Å²) < 4.78 is 5.48. The first-order chi connectivity index (χ1) is 34.5. The number of hydrogen-bond donors (Lipinski definition) is 3. The van der Waals surface area contributed by atoms with Gasteiger partial charge < -0.3 is 20.3 Å². The van der Waals surface area contributed by atoms with Crippen LogP contribution in [0.15, 0.2) is 24.3 Å². The van der Waals surface area contributed by atoms with Gasteiger partial charge in [0.25, 0.3) is 0 Å². The Labute approximate surface area is 437 Å². The molecule has 2 atom stereocenters. The van der Waals surface area contributed by atoms with Crippen molar-refractivity contribution in [3.05, 3.63) is 24.3 Å². The molecule has 0 radical (unpaired) electrons. The van der Waals surface area contributed by atoms with Crippen molar-refractivity contribution in [2.24, 2.45) is 0 Å². The van der Waals surface area contributed by atoms with E-state index in [2.05, 4.69) is 43.5 Å². The van der Waals surface area contributed by atoms with E-state index in [4.69, 9.17) is 4.74 Å². The number of carbonyl (C=O) groups excluding carboxylic acids is 2. The largest absolute Gasteiger partial charge is 0.466 e. The van der Waals surface area contributed by atoms with Crippen molar-refractivity contribution in [1.29, 1.82) is 0 Å². The molecule has 0 aliphatic carbocycles. The first-order valence-electron chi connectivity index (χ1n) is 31.6. The fourth-order valence-corrected chi connectivity index (χ4v) is 9.89. The monoisotopic (exact) mass is 986 g/mol. The van der Waals surface area contributed by atoms with Crippen LogP contribution in [0.1, 0.15) is 348 Å². The van der Waals surface area contributed by atoms with Gasteiger partial charge in [-0.25, -0.2) is 0 Å². The van der Waals surface area contributed by atoms with Crippen LogP contribution in [-0.4, -0.2) is 47.4 Å². The highest BCUT2D eigenvalue weighted by molar-refractivity contribution is 5.76. The minimum Gasteiger partial charge on any atom is -0.466 e. The quantitative estimate of drug-likeness (QED) is 0.0321. The molecule has 6 heteroatoms. The summed E-state index contributed by atoms with van der Waals surface area (Å²) in [6, 6.07) is -0.536. The predicted molar refractivity (Wildman–Crippen MR) is 306 cm³/mol. The minimum atomic E-state index is -0.658. The molecule has 0 aromatic heterocycles. The van der Waals surface area contributed by atoms with Crippen molar-refractivity contribution < 1.29 is 24.5 Å². The Morgan fingerprint density at radius 1 is 0.400 bits per heavy atom. The van der Waals surface area contributed by atoms with E-state index >= 15 is 0 Å². The second-order valence-corrected chi connectivity index (χ2v) is 21.7. The lowest BCUT2D eigenvalue weighted by molar-refractivity contribution is -0.143. The third kappa shape index (κ3) is 55.7. The number of amides is 1. The van der Waals surface area contributed by atoms with Gasteiger partial charge in [-0.2, -0.15) is 0 Å². The first-order valence-corrected chi connectivity index (χ1v) is 31.6. The number of hydrogen-bond acceptors (Lipinski definition) is 5. The van der Waals surface area contributed by atoms with Gasteiger partial charge in [0.15, 0.2) is 0 Å². The highest BCUT2D eigenvalue weighted by atomic mass is 16.5. The summed E-state index contributed by atoms with van der Waals surface area (Å²) in [4.78, 5) is 24.5. The number of allylic oxidation sites excluding steroid dienone is 4. The van der Waals surface area contributed by atoms with Crippen molar-refractivity contribution in [3.8, 4) is 0 Å². The summed E-state index contributed by atoms with van der Waals surface area (Å²) in [5.74, 6) is -0.0269. The minimum absolute atomic E-state index is 0.00551. The van der Waals surface area contributed by atoms with Gasteiger partial charge in [0.1, 0.15) is 0 Å². The Hall–Kier alpha value is -1.66. The van der Waals surface area contributed by atoms with E-state index in [1.165, 1.54) is 263 Å². The highest BCUT2D eigenvalue weighted by Crippen LogP contribution is 2.18. The smallest absolute Gasteiger partial charge is 0.305 e. The molecule has 2 unspecified atom stereocenters. The molecular formula is C64H123NO5. The summed E-state index contributed by atoms with van der Waals surface area (Å²) in [5.41, 5.74) is 0. The Morgan fingerprint density at radius 3 is 1.13 bits per heavy atom. The second-order valence-electron chi connectivity index (χ2n) is 21.7. The standard InChI is InChI=1S/C64H123NO5/c1-3-5-7-9-11-13-14-15-35-38-42-46-50-54-58-64(69)70-59-55-51-47-43-39-36-33-31-29-27-25-23-21-19-17-16-18-20-22-24-26-28-30-32-34-37-41-45-49-53-57-63(68)65-61(60-66)62(67)56-52-48-44-40-12-10-8-6-4-2/h9,11,14-15,61-62,66-67H,3-8,10,12-13,16-60H2,1-2H3,(H,65,68)/b11-9-,15-14-. The van der Waals surface area contributed by atoms with Gasteiger partial charge in [-0.05, 0) is 51.4 Å². The van der Waals surface area contributed by atoms with Crippen molar-refractivity contribution in [3.63, 3.8) is 0 Å². The van der Waals surface area contributed by atoms with Gasteiger partial charge in [0.05, 0.1) is 25.4 Å². The van der Waals surface area contributed by atoms with Crippen molar-refractivity contribution in [1.82, 2.24) is 5.32 Å². The summed E-state index contributed by atoms with van der Waals surface area (Å²) in [6.07, 6.45) is 73.6. The molecule has 1 amide bonds. The van der Waals surface area contributed by atoms with E-state index in [1.807, 2.05) is 0 Å². The predicted octanol–water partition coefficient (Wildman–Crippen LogP) is 19.8. The molecule has 414 valence electrons. The molecular weight excluding hydrogens is 863 g/mol. The van der Waals surface area contributed by atoms with Gasteiger partial charge in [0.2, 0.25) is 5.91 Å². The molecule has 0 saturated heterocycles. The molecule has 0 aliphatic rings. The number of aliphatic hydroxyl groups is 2. The van der Waals surface area contributed by atoms with Crippen LogP contribution >= 0.6 is 0 Å². The lowest BCUT2D eigenvalue weighted by Crippen LogP contribution is -2.45. The molecule has 0 saturated carbocycles. The fraction of sp³-hybridized carbons (Fsp3) is 0.906. The average Bonchev–Trinajstić information content (AvgIpc) is 3.36. The van der Waals surface area contributed by atoms with E-state index < -0.39 is 12.1 Å². The maximum absolute atomic E-state index is 12.4. The maximum atomic E-state index is 12.4. The molecule has 0 heterocycles. The Morgan fingerprint density at radius 2 is 0.729 bits per heavy atom. The Balaban J connectivity index is 3.30. The molecule has 6 nitrogen and oxygen atoms in total. The summed E-state index contributed by atoms with van der Waals surface area (Å²) in [6.45, 7) is 4.90. The molecule has 0 aromatic carbocycles. The zero-order valence-electron chi connectivity index (χ0n) is 47.3. The fourth-order valence-electron chi connectivity index (χ4n) is 9.89. The van der Waals surface area contributed by atoms with Gasteiger partial charge >= 0.3 is 5.97 Å². The number of ether oxygens (including phenoxy) is 1. The molecule has 0 fully saturated rings. The lowest BCUT2D eigenvalue weighted by Gasteiger charge is -2.22. The first kappa shape index (κ1) is 68.3. The number of rotatable bonds is 59. The Bertz CT molecular complexity index is 1090. The van der Waals surface area contributed by atoms with Gasteiger partial charge in [-0.15, -0.1) is 0 Å². The van der Waals surface area contributed by atoms with Crippen molar-refractivity contribution >= 4 is 11.9 Å². The van der Waals surface area contributed by atoms with E-state index in [0.29, 0.717) is 25.9 Å². The van der Waals surface area contributed by atoms with E-state index in [1.54, 1.807) is 0 Å². The van der Waals surface area contributed by atoms with Crippen molar-refractivity contribution in [2.75, 3.05) is 13.2 Å². The molecule has 0 spiro atoms. The highest BCUT2D eigenvalue weighted by Gasteiger charge is 2.20.